The van der Waals surface area contributed by atoms with E-state index in [1.165, 1.54) is 17.4 Å². The van der Waals surface area contributed by atoms with Crippen LogP contribution in [-0.2, 0) is 0 Å². The van der Waals surface area contributed by atoms with Gasteiger partial charge in [-0.05, 0) is 19.1 Å². The lowest BCUT2D eigenvalue weighted by Crippen LogP contribution is -2.52. The number of aromatic nitrogens is 1. The monoisotopic (exact) mass is 377 g/mol. The van der Waals surface area contributed by atoms with Crippen molar-refractivity contribution < 1.29 is 9.18 Å². The Morgan fingerprint density at radius 1 is 1.39 bits per heavy atom. The summed E-state index contributed by atoms with van der Waals surface area (Å²) in [5.41, 5.74) is 0.440. The predicted molar refractivity (Wildman–Crippen MR) is 95.4 cm³/mol. The highest BCUT2D eigenvalue weighted by molar-refractivity contribution is 7.16. The van der Waals surface area contributed by atoms with Crippen molar-refractivity contribution in [3.05, 3.63) is 41.2 Å². The first-order chi connectivity index (χ1) is 10.2. The average molecular weight is 378 g/mol. The van der Waals surface area contributed by atoms with Gasteiger partial charge >= 0.3 is 0 Å². The van der Waals surface area contributed by atoms with Gasteiger partial charge in [-0.3, -0.25) is 4.79 Å². The molecule has 8 heteroatoms. The third-order valence-corrected chi connectivity index (χ3v) is 4.60. The number of hydrogen-bond donors (Lipinski definition) is 1. The van der Waals surface area contributed by atoms with Gasteiger partial charge in [0.05, 0.1) is 6.20 Å². The summed E-state index contributed by atoms with van der Waals surface area (Å²) < 4.78 is 13.8. The number of benzene rings is 1. The molecule has 0 saturated carbocycles. The van der Waals surface area contributed by atoms with Crippen LogP contribution in [0.5, 0.6) is 0 Å². The van der Waals surface area contributed by atoms with Gasteiger partial charge in [-0.25, -0.2) is 9.37 Å². The molecule has 0 radical (unpaired) electrons. The highest BCUT2D eigenvalue weighted by atomic mass is 35.5. The summed E-state index contributed by atoms with van der Waals surface area (Å²) >= 11 is 1.24. The Bertz CT molecular complexity index is 668. The fourth-order valence-electron chi connectivity index (χ4n) is 2.42. The Morgan fingerprint density at radius 2 is 2.13 bits per heavy atom. The second-order valence-electron chi connectivity index (χ2n) is 5.06. The number of nitrogens with one attached hydrogen (secondary N) is 1. The Kier molecular flexibility index (Phi) is 7.41. The van der Waals surface area contributed by atoms with E-state index in [-0.39, 0.29) is 42.6 Å². The van der Waals surface area contributed by atoms with Crippen LogP contribution in [-0.4, -0.2) is 41.5 Å². The second-order valence-corrected chi connectivity index (χ2v) is 6.09. The summed E-state index contributed by atoms with van der Waals surface area (Å²) in [5, 5.41) is 3.79. The number of piperazine rings is 1. The highest BCUT2D eigenvalue weighted by Gasteiger charge is 2.25. The number of halogens is 3. The molecule has 1 aromatic heterocycles. The molecule has 0 aliphatic carbocycles. The van der Waals surface area contributed by atoms with E-state index in [0.717, 1.165) is 13.1 Å². The van der Waals surface area contributed by atoms with Crippen LogP contribution in [0.1, 0.15) is 16.6 Å². The SMILES string of the molecule is C[C@H]1CNCCN1C(=O)c1cnc(-c2ccccc2F)s1.Cl.Cl. The average Bonchev–Trinajstić information content (AvgIpc) is 2.97. The van der Waals surface area contributed by atoms with Crippen LogP contribution < -0.4 is 5.32 Å². The van der Waals surface area contributed by atoms with Crippen molar-refractivity contribution in [2.24, 2.45) is 0 Å². The van der Waals surface area contributed by atoms with Crippen molar-refractivity contribution in [3.8, 4) is 10.6 Å². The van der Waals surface area contributed by atoms with Gasteiger partial charge in [-0.1, -0.05) is 12.1 Å². The summed E-state index contributed by atoms with van der Waals surface area (Å²) in [6.45, 7) is 4.30. The van der Waals surface area contributed by atoms with E-state index in [2.05, 4.69) is 10.3 Å². The largest absolute Gasteiger partial charge is 0.333 e. The van der Waals surface area contributed by atoms with E-state index >= 15 is 0 Å². The fourth-order valence-corrected chi connectivity index (χ4v) is 3.32. The maximum atomic E-state index is 13.8. The Morgan fingerprint density at radius 3 is 2.83 bits per heavy atom. The van der Waals surface area contributed by atoms with E-state index in [9.17, 15) is 9.18 Å². The maximum Gasteiger partial charge on any atom is 0.265 e. The van der Waals surface area contributed by atoms with E-state index in [4.69, 9.17) is 0 Å². The van der Waals surface area contributed by atoms with Gasteiger partial charge in [-0.2, -0.15) is 0 Å². The molecule has 1 atom stereocenters. The lowest BCUT2D eigenvalue weighted by atomic mass is 10.2. The van der Waals surface area contributed by atoms with Gasteiger partial charge in [0.2, 0.25) is 0 Å². The molecule has 1 aliphatic heterocycles. The number of rotatable bonds is 2. The molecule has 1 N–H and O–H groups in total. The van der Waals surface area contributed by atoms with E-state index in [1.54, 1.807) is 24.4 Å². The Labute approximate surface area is 150 Å². The molecule has 1 saturated heterocycles. The predicted octanol–water partition coefficient (Wildman–Crippen LogP) is 3.23. The van der Waals surface area contributed by atoms with Crippen molar-refractivity contribution in [2.45, 2.75) is 13.0 Å². The van der Waals surface area contributed by atoms with Crippen LogP contribution in [0.2, 0.25) is 0 Å². The van der Waals surface area contributed by atoms with Crippen LogP contribution in [0.25, 0.3) is 10.6 Å². The minimum Gasteiger partial charge on any atom is -0.333 e. The molecule has 0 bridgehead atoms. The summed E-state index contributed by atoms with van der Waals surface area (Å²) in [7, 11) is 0. The molecule has 3 rings (SSSR count). The van der Waals surface area contributed by atoms with Gasteiger partial charge in [0.1, 0.15) is 15.7 Å². The summed E-state index contributed by atoms with van der Waals surface area (Å²) in [6.07, 6.45) is 1.55. The number of amides is 1. The zero-order valence-electron chi connectivity index (χ0n) is 12.5. The van der Waals surface area contributed by atoms with Gasteiger partial charge in [-0.15, -0.1) is 36.2 Å². The fraction of sp³-hybridized carbons (Fsp3) is 0.333. The second kappa shape index (κ2) is 8.59. The van der Waals surface area contributed by atoms with E-state index in [0.29, 0.717) is 22.0 Å². The molecule has 1 fully saturated rings. The van der Waals surface area contributed by atoms with Crippen LogP contribution in [0.15, 0.2) is 30.5 Å². The third-order valence-electron chi connectivity index (χ3n) is 3.58. The number of thiazole rings is 1. The van der Waals surface area contributed by atoms with Gasteiger partial charge in [0, 0.05) is 31.2 Å². The lowest BCUT2D eigenvalue weighted by molar-refractivity contribution is 0.0660. The number of carbonyl (C=O) groups excluding carboxylic acids is 1. The van der Waals surface area contributed by atoms with E-state index in [1.807, 2.05) is 11.8 Å². The molecular weight excluding hydrogens is 360 g/mol. The third kappa shape index (κ3) is 4.20. The maximum absolute atomic E-state index is 13.8. The van der Waals surface area contributed by atoms with Crippen LogP contribution in [0.4, 0.5) is 4.39 Å². The van der Waals surface area contributed by atoms with Crippen molar-refractivity contribution >= 4 is 42.1 Å². The highest BCUT2D eigenvalue weighted by Crippen LogP contribution is 2.28. The van der Waals surface area contributed by atoms with Gasteiger partial charge < -0.3 is 10.2 Å². The van der Waals surface area contributed by atoms with Crippen molar-refractivity contribution in [2.75, 3.05) is 19.6 Å². The molecule has 0 unspecified atom stereocenters. The normalized spacial score (nSPS) is 17.1. The first-order valence-electron chi connectivity index (χ1n) is 6.89. The number of nitrogens with zero attached hydrogens (tertiary/aromatic N) is 2. The number of hydrogen-bond acceptors (Lipinski definition) is 4. The van der Waals surface area contributed by atoms with Crippen molar-refractivity contribution in [1.29, 1.82) is 0 Å². The first-order valence-corrected chi connectivity index (χ1v) is 7.71. The first kappa shape index (κ1) is 19.8. The topological polar surface area (TPSA) is 45.2 Å². The number of carbonyl (C=O) groups is 1. The van der Waals surface area contributed by atoms with Crippen LogP contribution in [0, 0.1) is 5.82 Å². The van der Waals surface area contributed by atoms with E-state index < -0.39 is 0 Å². The van der Waals surface area contributed by atoms with Crippen molar-refractivity contribution in [1.82, 2.24) is 15.2 Å². The Balaban J connectivity index is 0.00000132. The molecule has 1 aliphatic rings. The van der Waals surface area contributed by atoms with Crippen molar-refractivity contribution in [3.63, 3.8) is 0 Å². The standard InChI is InChI=1S/C15H16FN3OS.2ClH/c1-10-8-17-6-7-19(10)15(20)13-9-18-14(21-13)11-4-2-3-5-12(11)16;;/h2-5,9-10,17H,6-8H2,1H3;2*1H/t10-;;/m0../s1. The molecule has 4 nitrogen and oxygen atoms in total. The molecule has 126 valence electrons. The lowest BCUT2D eigenvalue weighted by Gasteiger charge is -2.33. The van der Waals surface area contributed by atoms with Crippen LogP contribution in [0.3, 0.4) is 0 Å². The molecule has 23 heavy (non-hydrogen) atoms. The molecule has 2 aromatic rings. The van der Waals surface area contributed by atoms with Crippen LogP contribution >= 0.6 is 36.2 Å². The molecule has 1 aromatic carbocycles. The Hall–Kier alpha value is -1.21. The zero-order chi connectivity index (χ0) is 14.8. The minimum absolute atomic E-state index is 0. The molecule has 1 amide bonds. The molecular formula is C15H18Cl2FN3OS. The summed E-state index contributed by atoms with van der Waals surface area (Å²) in [4.78, 5) is 19.1. The van der Waals surface area contributed by atoms with Gasteiger partial charge in [0.25, 0.3) is 5.91 Å². The molecule has 0 spiro atoms. The molecule has 2 heterocycles. The summed E-state index contributed by atoms with van der Waals surface area (Å²) in [6, 6.07) is 6.64. The summed E-state index contributed by atoms with van der Waals surface area (Å²) in [5.74, 6) is -0.342. The van der Waals surface area contributed by atoms with Gasteiger partial charge in [0.15, 0.2) is 0 Å². The minimum atomic E-state index is -0.318. The smallest absolute Gasteiger partial charge is 0.265 e. The zero-order valence-corrected chi connectivity index (χ0v) is 14.9. The quantitative estimate of drug-likeness (QED) is 0.873.